The Labute approximate surface area is 216 Å². The van der Waals surface area contributed by atoms with Crippen LogP contribution in [0, 0.1) is 24.2 Å². The first-order chi connectivity index (χ1) is 17.7. The summed E-state index contributed by atoms with van der Waals surface area (Å²) in [6.45, 7) is 6.55. The summed E-state index contributed by atoms with van der Waals surface area (Å²) in [5.41, 5.74) is -0.603. The number of rotatable bonds is 12. The molecule has 2 heterocycles. The first-order valence-electron chi connectivity index (χ1n) is 12.3. The molecule has 0 aliphatic carbocycles. The third-order valence-corrected chi connectivity index (χ3v) is 7.77. The number of aromatic hydroxyl groups is 1. The Bertz CT molecular complexity index is 1330. The molecule has 1 aromatic heterocycles. The van der Waals surface area contributed by atoms with Gasteiger partial charge in [0.15, 0.2) is 12.0 Å². The number of azo groups is 1. The van der Waals surface area contributed by atoms with Crippen molar-refractivity contribution < 1.29 is 23.0 Å². The van der Waals surface area contributed by atoms with Crippen LogP contribution >= 0.6 is 0 Å². The van der Waals surface area contributed by atoms with Gasteiger partial charge < -0.3 is 14.6 Å². The third-order valence-electron chi connectivity index (χ3n) is 6.30. The topological polar surface area (TPSA) is 155 Å². The first kappa shape index (κ1) is 28.5. The van der Waals surface area contributed by atoms with Crippen LogP contribution in [-0.2, 0) is 26.0 Å². The summed E-state index contributed by atoms with van der Waals surface area (Å²) in [6.07, 6.45) is 2.99. The molecular weight excluding hydrogens is 498 g/mol. The second-order valence-corrected chi connectivity index (χ2v) is 10.5. The molecule has 200 valence electrons. The van der Waals surface area contributed by atoms with Gasteiger partial charge in [0.2, 0.25) is 15.9 Å². The number of nitrogens with one attached hydrogen (secondary N) is 1. The number of unbranched alkanes of at least 4 members (excludes halogenated alkanes) is 1. The molecule has 1 aliphatic rings. The van der Waals surface area contributed by atoms with E-state index < -0.39 is 27.8 Å². The highest BCUT2D eigenvalue weighted by molar-refractivity contribution is 7.89. The number of hydrogen-bond donors (Lipinski definition) is 2. The molecule has 1 aliphatic heterocycles. The van der Waals surface area contributed by atoms with E-state index in [9.17, 15) is 23.6 Å². The lowest BCUT2D eigenvalue weighted by Gasteiger charge is -2.19. The van der Waals surface area contributed by atoms with Crippen LogP contribution in [-0.4, -0.2) is 44.1 Å². The summed E-state index contributed by atoms with van der Waals surface area (Å²) in [7, 11) is -3.99. The van der Waals surface area contributed by atoms with Crippen LogP contribution in [0.15, 0.2) is 44.2 Å². The molecule has 3 rings (SSSR count). The van der Waals surface area contributed by atoms with Gasteiger partial charge in [0, 0.05) is 12.1 Å². The van der Waals surface area contributed by atoms with Crippen molar-refractivity contribution in [3.05, 3.63) is 45.7 Å². The molecule has 2 aromatic rings. The fraction of sp³-hybridized carbons (Fsp3) is 0.520. The van der Waals surface area contributed by atoms with Crippen molar-refractivity contribution in [3.8, 4) is 11.9 Å². The minimum absolute atomic E-state index is 0.0210. The van der Waals surface area contributed by atoms with Gasteiger partial charge in [0.1, 0.15) is 22.2 Å². The standard InChI is InChI=1S/C25H33N5O6S/c1-4-6-9-18(5-2)16-30-24(31)19(14-26)17(3)23(25(30)32)29-28-20-10-7-8-11-21(20)37(33,34)27-15-22-35-12-13-36-22/h7-8,10-11,18,22,27,32H,4-6,9,12-13,15-16H2,1-3H3/b29-28+. The second-order valence-electron chi connectivity index (χ2n) is 8.81. The van der Waals surface area contributed by atoms with Gasteiger partial charge in [-0.2, -0.15) is 5.26 Å². The van der Waals surface area contributed by atoms with Crippen LogP contribution < -0.4 is 10.3 Å². The fourth-order valence-corrected chi connectivity index (χ4v) is 5.21. The molecule has 1 atom stereocenters. The highest BCUT2D eigenvalue weighted by Crippen LogP contribution is 2.34. The number of sulfonamides is 1. The summed E-state index contributed by atoms with van der Waals surface area (Å²) in [5.74, 6) is -0.276. The second kappa shape index (κ2) is 12.9. The zero-order chi connectivity index (χ0) is 27.0. The summed E-state index contributed by atoms with van der Waals surface area (Å²) in [4.78, 5) is 12.8. The number of hydrogen-bond acceptors (Lipinski definition) is 9. The maximum Gasteiger partial charge on any atom is 0.271 e. The normalized spacial score (nSPS) is 15.3. The maximum atomic E-state index is 13.0. The van der Waals surface area contributed by atoms with Crippen LogP contribution in [0.5, 0.6) is 5.88 Å². The average Bonchev–Trinajstić information content (AvgIpc) is 3.41. The van der Waals surface area contributed by atoms with E-state index in [0.717, 1.165) is 30.3 Å². The van der Waals surface area contributed by atoms with E-state index >= 15 is 0 Å². The molecule has 11 nitrogen and oxygen atoms in total. The minimum atomic E-state index is -3.99. The van der Waals surface area contributed by atoms with Crippen molar-refractivity contribution in [1.82, 2.24) is 9.29 Å². The highest BCUT2D eigenvalue weighted by Gasteiger charge is 2.24. The Hall–Kier alpha value is -3.11. The molecule has 0 amide bonds. The number of nitrogens with zero attached hydrogens (tertiary/aromatic N) is 4. The minimum Gasteiger partial charge on any atom is -0.493 e. The molecular formula is C25H33N5O6S. The fourth-order valence-electron chi connectivity index (χ4n) is 4.05. The Morgan fingerprint density at radius 2 is 1.95 bits per heavy atom. The van der Waals surface area contributed by atoms with Crippen LogP contribution in [0.2, 0.25) is 0 Å². The lowest BCUT2D eigenvalue weighted by atomic mass is 9.99. The van der Waals surface area contributed by atoms with E-state index in [0.29, 0.717) is 13.2 Å². The van der Waals surface area contributed by atoms with Crippen LogP contribution in [0.3, 0.4) is 0 Å². The maximum absolute atomic E-state index is 13.0. The van der Waals surface area contributed by atoms with Gasteiger partial charge in [-0.05, 0) is 31.4 Å². The molecule has 0 spiro atoms. The highest BCUT2D eigenvalue weighted by atomic mass is 32.2. The molecule has 1 saturated heterocycles. The molecule has 0 bridgehead atoms. The molecule has 0 saturated carbocycles. The number of ether oxygens (including phenoxy) is 2. The average molecular weight is 532 g/mol. The summed E-state index contributed by atoms with van der Waals surface area (Å²) in [5, 5.41) is 28.8. The van der Waals surface area contributed by atoms with Gasteiger partial charge in [-0.15, -0.1) is 10.2 Å². The molecule has 37 heavy (non-hydrogen) atoms. The van der Waals surface area contributed by atoms with Gasteiger partial charge in [-0.25, -0.2) is 13.1 Å². The number of aromatic nitrogens is 1. The van der Waals surface area contributed by atoms with E-state index in [1.807, 2.05) is 13.0 Å². The first-order valence-corrected chi connectivity index (χ1v) is 13.8. The Morgan fingerprint density at radius 3 is 2.59 bits per heavy atom. The number of pyridine rings is 1. The Balaban J connectivity index is 1.97. The van der Waals surface area contributed by atoms with E-state index in [1.165, 1.54) is 19.1 Å². The molecule has 1 fully saturated rings. The van der Waals surface area contributed by atoms with Crippen molar-refractivity contribution in [1.29, 1.82) is 5.26 Å². The van der Waals surface area contributed by atoms with Crippen LogP contribution in [0.4, 0.5) is 11.4 Å². The van der Waals surface area contributed by atoms with Crippen LogP contribution in [0.25, 0.3) is 0 Å². The number of nitriles is 1. The zero-order valence-electron chi connectivity index (χ0n) is 21.3. The molecule has 2 N–H and O–H groups in total. The quantitative estimate of drug-likeness (QED) is 0.392. The van der Waals surface area contributed by atoms with Gasteiger partial charge in [-0.3, -0.25) is 9.36 Å². The predicted molar refractivity (Wildman–Crippen MR) is 137 cm³/mol. The van der Waals surface area contributed by atoms with Crippen molar-refractivity contribution >= 4 is 21.4 Å². The summed E-state index contributed by atoms with van der Waals surface area (Å²) < 4.78 is 40.0. The molecule has 1 unspecified atom stereocenters. The molecule has 1 aromatic carbocycles. The Kier molecular flexibility index (Phi) is 9.93. The van der Waals surface area contributed by atoms with E-state index in [4.69, 9.17) is 9.47 Å². The number of benzene rings is 1. The van der Waals surface area contributed by atoms with Gasteiger partial charge in [0.25, 0.3) is 5.56 Å². The molecule has 12 heteroatoms. The van der Waals surface area contributed by atoms with E-state index in [1.54, 1.807) is 12.1 Å². The predicted octanol–water partition coefficient (Wildman–Crippen LogP) is 4.02. The third kappa shape index (κ3) is 6.81. The van der Waals surface area contributed by atoms with Crippen molar-refractivity contribution in [2.75, 3.05) is 19.8 Å². The van der Waals surface area contributed by atoms with Crippen molar-refractivity contribution in [2.45, 2.75) is 64.2 Å². The lowest BCUT2D eigenvalue weighted by Crippen LogP contribution is -2.32. The summed E-state index contributed by atoms with van der Waals surface area (Å²) in [6, 6.07) is 7.90. The van der Waals surface area contributed by atoms with Crippen molar-refractivity contribution in [3.63, 3.8) is 0 Å². The molecule has 0 radical (unpaired) electrons. The van der Waals surface area contributed by atoms with E-state index in [-0.39, 0.29) is 46.4 Å². The smallest absolute Gasteiger partial charge is 0.271 e. The largest absolute Gasteiger partial charge is 0.493 e. The lowest BCUT2D eigenvalue weighted by molar-refractivity contribution is -0.0355. The van der Waals surface area contributed by atoms with Crippen LogP contribution in [0.1, 0.15) is 50.7 Å². The van der Waals surface area contributed by atoms with Crippen molar-refractivity contribution in [2.24, 2.45) is 16.1 Å². The van der Waals surface area contributed by atoms with E-state index in [2.05, 4.69) is 21.9 Å². The van der Waals surface area contributed by atoms with Gasteiger partial charge in [0.05, 0.1) is 19.8 Å². The van der Waals surface area contributed by atoms with Gasteiger partial charge in [-0.1, -0.05) is 45.2 Å². The Morgan fingerprint density at radius 1 is 1.24 bits per heavy atom. The summed E-state index contributed by atoms with van der Waals surface area (Å²) >= 11 is 0. The van der Waals surface area contributed by atoms with Gasteiger partial charge >= 0.3 is 0 Å². The zero-order valence-corrected chi connectivity index (χ0v) is 22.1. The monoisotopic (exact) mass is 531 g/mol. The SMILES string of the molecule is CCCCC(CC)Cn1c(O)c(/N=N/c2ccccc2S(=O)(=O)NCC2OCCO2)c(C)c(C#N)c1=O.